The maximum absolute atomic E-state index is 10.7. The number of carbonyl (C=O) groups excluding carboxylic acids is 1. The lowest BCUT2D eigenvalue weighted by atomic mass is 10.1. The predicted molar refractivity (Wildman–Crippen MR) is 72.9 cm³/mol. The average molecular weight is 238 g/mol. The van der Waals surface area contributed by atoms with Crippen LogP contribution in [-0.2, 0) is 9.53 Å². The van der Waals surface area contributed by atoms with E-state index in [0.29, 0.717) is 0 Å². The molecular weight excluding hydrogens is 212 g/mol. The zero-order valence-corrected chi connectivity index (χ0v) is 11.9. The lowest BCUT2D eigenvalue weighted by Crippen LogP contribution is -2.11. The number of rotatable bonds is 7. The Balaban J connectivity index is 3.76. The highest BCUT2D eigenvalue weighted by Crippen LogP contribution is 2.10. The Bertz CT molecular complexity index is 283. The second-order valence-corrected chi connectivity index (χ2v) is 4.87. The molecular formula is C15H26O2. The maximum Gasteiger partial charge on any atom is 0.302 e. The quantitative estimate of drug-likeness (QED) is 0.485. The molecule has 0 aliphatic heterocycles. The van der Waals surface area contributed by atoms with Crippen LogP contribution in [0.2, 0.25) is 0 Å². The van der Waals surface area contributed by atoms with E-state index in [2.05, 4.69) is 32.9 Å². The zero-order chi connectivity index (χ0) is 13.3. The van der Waals surface area contributed by atoms with Crippen LogP contribution in [0.4, 0.5) is 0 Å². The van der Waals surface area contributed by atoms with Gasteiger partial charge < -0.3 is 4.74 Å². The Morgan fingerprint density at radius 3 is 2.29 bits per heavy atom. The monoisotopic (exact) mass is 238 g/mol. The molecule has 0 rings (SSSR count). The van der Waals surface area contributed by atoms with Gasteiger partial charge in [0.1, 0.15) is 0 Å². The van der Waals surface area contributed by atoms with Crippen LogP contribution < -0.4 is 0 Å². The van der Waals surface area contributed by atoms with E-state index in [1.165, 1.54) is 18.1 Å². The van der Waals surface area contributed by atoms with E-state index < -0.39 is 0 Å². The third-order valence-corrected chi connectivity index (χ3v) is 2.52. The van der Waals surface area contributed by atoms with Gasteiger partial charge in [-0.05, 0) is 53.4 Å². The van der Waals surface area contributed by atoms with E-state index in [1.807, 2.05) is 6.92 Å². The van der Waals surface area contributed by atoms with Gasteiger partial charge in [-0.2, -0.15) is 0 Å². The second-order valence-electron chi connectivity index (χ2n) is 4.87. The van der Waals surface area contributed by atoms with Crippen LogP contribution in [0, 0.1) is 0 Å². The summed E-state index contributed by atoms with van der Waals surface area (Å²) in [6.07, 6.45) is 8.65. The van der Waals surface area contributed by atoms with Crippen LogP contribution in [0.15, 0.2) is 23.3 Å². The molecule has 0 N–H and O–H groups in total. The SMILES string of the molecule is CC(=O)O[C@@H](C)CC/C=C(/C)CCC=C(C)C. The summed E-state index contributed by atoms with van der Waals surface area (Å²) in [7, 11) is 0. The van der Waals surface area contributed by atoms with Crippen molar-refractivity contribution in [3.05, 3.63) is 23.3 Å². The fourth-order valence-electron chi connectivity index (χ4n) is 1.60. The van der Waals surface area contributed by atoms with Gasteiger partial charge in [0.15, 0.2) is 0 Å². The zero-order valence-electron chi connectivity index (χ0n) is 11.9. The Morgan fingerprint density at radius 2 is 1.76 bits per heavy atom. The minimum absolute atomic E-state index is 0.0225. The molecule has 98 valence electrons. The van der Waals surface area contributed by atoms with Crippen LogP contribution in [0.5, 0.6) is 0 Å². The fraction of sp³-hybridized carbons (Fsp3) is 0.667. The van der Waals surface area contributed by atoms with Crippen molar-refractivity contribution in [3.8, 4) is 0 Å². The van der Waals surface area contributed by atoms with Gasteiger partial charge in [-0.1, -0.05) is 23.3 Å². The summed E-state index contributed by atoms with van der Waals surface area (Å²) in [6, 6.07) is 0. The molecule has 0 bridgehead atoms. The number of hydrogen-bond acceptors (Lipinski definition) is 2. The molecule has 0 heterocycles. The van der Waals surface area contributed by atoms with Crippen molar-refractivity contribution < 1.29 is 9.53 Å². The van der Waals surface area contributed by atoms with Crippen molar-refractivity contribution in [1.82, 2.24) is 0 Å². The average Bonchev–Trinajstić information content (AvgIpc) is 2.15. The predicted octanol–water partition coefficient (Wildman–Crippen LogP) is 4.41. The number of esters is 1. The van der Waals surface area contributed by atoms with Gasteiger partial charge in [-0.15, -0.1) is 0 Å². The molecule has 2 heteroatoms. The summed E-state index contributed by atoms with van der Waals surface area (Å²) >= 11 is 0. The molecule has 0 fully saturated rings. The van der Waals surface area contributed by atoms with E-state index in [4.69, 9.17) is 4.74 Å². The minimum Gasteiger partial charge on any atom is -0.463 e. The summed E-state index contributed by atoms with van der Waals surface area (Å²) in [5, 5.41) is 0. The summed E-state index contributed by atoms with van der Waals surface area (Å²) in [5.74, 6) is -0.193. The van der Waals surface area contributed by atoms with Gasteiger partial charge in [0.2, 0.25) is 0 Å². The highest BCUT2D eigenvalue weighted by Gasteiger charge is 2.03. The van der Waals surface area contributed by atoms with Crippen molar-refractivity contribution in [2.24, 2.45) is 0 Å². The van der Waals surface area contributed by atoms with Crippen LogP contribution >= 0.6 is 0 Å². The maximum atomic E-state index is 10.7. The molecule has 0 aromatic heterocycles. The highest BCUT2D eigenvalue weighted by molar-refractivity contribution is 5.66. The molecule has 0 aromatic rings. The molecule has 0 radical (unpaired) electrons. The molecule has 0 unspecified atom stereocenters. The van der Waals surface area contributed by atoms with Crippen molar-refractivity contribution in [3.63, 3.8) is 0 Å². The fourth-order valence-corrected chi connectivity index (χ4v) is 1.60. The Labute approximate surface area is 106 Å². The Kier molecular flexibility index (Phi) is 8.47. The summed E-state index contributed by atoms with van der Waals surface area (Å²) in [6.45, 7) is 9.81. The van der Waals surface area contributed by atoms with Gasteiger partial charge in [0, 0.05) is 6.92 Å². The smallest absolute Gasteiger partial charge is 0.302 e. The standard InChI is InChI=1S/C15H26O2/c1-12(2)8-6-9-13(3)10-7-11-14(4)17-15(5)16/h8,10,14H,6-7,9,11H2,1-5H3/b13-10-/t14-/m0/s1. The topological polar surface area (TPSA) is 26.3 Å². The Morgan fingerprint density at radius 1 is 1.12 bits per heavy atom. The lowest BCUT2D eigenvalue weighted by molar-refractivity contribution is -0.145. The first-order valence-corrected chi connectivity index (χ1v) is 6.38. The second kappa shape index (κ2) is 9.03. The number of allylic oxidation sites excluding steroid dienone is 4. The van der Waals surface area contributed by atoms with E-state index in [9.17, 15) is 4.79 Å². The third-order valence-electron chi connectivity index (χ3n) is 2.52. The van der Waals surface area contributed by atoms with Gasteiger partial charge in [-0.25, -0.2) is 0 Å². The van der Waals surface area contributed by atoms with Crippen LogP contribution in [0.25, 0.3) is 0 Å². The third kappa shape index (κ3) is 11.2. The summed E-state index contributed by atoms with van der Waals surface area (Å²) in [4.78, 5) is 10.7. The first-order chi connectivity index (χ1) is 7.91. The lowest BCUT2D eigenvalue weighted by Gasteiger charge is -2.10. The molecule has 0 amide bonds. The largest absolute Gasteiger partial charge is 0.463 e. The number of ether oxygens (including phenoxy) is 1. The molecule has 0 spiro atoms. The van der Waals surface area contributed by atoms with E-state index in [1.54, 1.807) is 0 Å². The van der Waals surface area contributed by atoms with E-state index >= 15 is 0 Å². The van der Waals surface area contributed by atoms with Crippen LogP contribution in [-0.4, -0.2) is 12.1 Å². The van der Waals surface area contributed by atoms with Gasteiger partial charge in [0.25, 0.3) is 0 Å². The first-order valence-electron chi connectivity index (χ1n) is 6.38. The van der Waals surface area contributed by atoms with Crippen molar-refractivity contribution in [1.29, 1.82) is 0 Å². The molecule has 2 nitrogen and oxygen atoms in total. The van der Waals surface area contributed by atoms with Gasteiger partial charge in [0.05, 0.1) is 6.10 Å². The van der Waals surface area contributed by atoms with Crippen LogP contribution in [0.3, 0.4) is 0 Å². The van der Waals surface area contributed by atoms with Crippen molar-refractivity contribution >= 4 is 5.97 Å². The highest BCUT2D eigenvalue weighted by atomic mass is 16.5. The molecule has 0 saturated carbocycles. The molecule has 17 heavy (non-hydrogen) atoms. The molecule has 0 aromatic carbocycles. The van der Waals surface area contributed by atoms with E-state index in [-0.39, 0.29) is 12.1 Å². The molecule has 0 aliphatic carbocycles. The summed E-state index contributed by atoms with van der Waals surface area (Å²) < 4.78 is 5.07. The van der Waals surface area contributed by atoms with Gasteiger partial charge >= 0.3 is 5.97 Å². The Hall–Kier alpha value is -1.05. The number of hydrogen-bond donors (Lipinski definition) is 0. The van der Waals surface area contributed by atoms with Crippen LogP contribution in [0.1, 0.15) is 60.3 Å². The van der Waals surface area contributed by atoms with E-state index in [0.717, 1.165) is 25.7 Å². The summed E-state index contributed by atoms with van der Waals surface area (Å²) in [5.41, 5.74) is 2.79. The minimum atomic E-state index is -0.193. The number of carbonyl (C=O) groups is 1. The van der Waals surface area contributed by atoms with Crippen molar-refractivity contribution in [2.45, 2.75) is 66.4 Å². The first kappa shape index (κ1) is 16.0. The normalized spacial score (nSPS) is 13.1. The molecule has 0 aliphatic rings. The molecule has 1 atom stereocenters. The van der Waals surface area contributed by atoms with Gasteiger partial charge in [-0.3, -0.25) is 4.79 Å². The molecule has 0 saturated heterocycles. The van der Waals surface area contributed by atoms with Crippen molar-refractivity contribution in [2.75, 3.05) is 0 Å².